The topological polar surface area (TPSA) is 72.7 Å². The fourth-order valence-corrected chi connectivity index (χ4v) is 3.82. The fourth-order valence-electron chi connectivity index (χ4n) is 3.82. The second-order valence-corrected chi connectivity index (χ2v) is 7.28. The van der Waals surface area contributed by atoms with Gasteiger partial charge in [0.25, 0.3) is 0 Å². The number of aryl methyl sites for hydroxylation is 1. The lowest BCUT2D eigenvalue weighted by atomic mass is 10.1. The summed E-state index contributed by atoms with van der Waals surface area (Å²) in [6.45, 7) is 6.79. The number of aromatic nitrogens is 1. The molecule has 0 radical (unpaired) electrons. The first kappa shape index (κ1) is 21.5. The molecule has 0 aliphatic heterocycles. The molecule has 0 amide bonds. The molecule has 0 saturated heterocycles. The summed E-state index contributed by atoms with van der Waals surface area (Å²) in [5.74, 6) is 0.584. The van der Waals surface area contributed by atoms with Crippen LogP contribution in [0.25, 0.3) is 5.69 Å². The van der Waals surface area contributed by atoms with Crippen molar-refractivity contribution in [3.05, 3.63) is 76.1 Å². The number of carboxylic acids is 1. The van der Waals surface area contributed by atoms with Gasteiger partial charge in [-0.25, -0.2) is 4.79 Å². The summed E-state index contributed by atoms with van der Waals surface area (Å²) in [6, 6.07) is 13.7. The van der Waals surface area contributed by atoms with E-state index < -0.39 is 5.97 Å². The van der Waals surface area contributed by atoms with E-state index >= 15 is 0 Å². The lowest BCUT2D eigenvalue weighted by Gasteiger charge is -2.12. The minimum atomic E-state index is -0.919. The Bertz CT molecular complexity index is 1050. The predicted octanol–water partition coefficient (Wildman–Crippen LogP) is 4.41. The van der Waals surface area contributed by atoms with E-state index in [4.69, 9.17) is 9.47 Å². The van der Waals surface area contributed by atoms with Gasteiger partial charge in [0.1, 0.15) is 11.5 Å². The number of nitrogens with one attached hydrogen (secondary N) is 1. The molecule has 0 aliphatic carbocycles. The highest BCUT2D eigenvalue weighted by Crippen LogP contribution is 2.28. The third-order valence-electron chi connectivity index (χ3n) is 5.38. The first-order valence-corrected chi connectivity index (χ1v) is 9.80. The zero-order valence-electron chi connectivity index (χ0n) is 18.1. The first-order valence-electron chi connectivity index (χ1n) is 9.80. The van der Waals surface area contributed by atoms with Gasteiger partial charge in [-0.3, -0.25) is 0 Å². The standard InChI is InChI=1S/C24H28N2O4/c1-15-6-8-19(9-7-15)26-16(2)21(23(17(26)3)24(27)28)14-25-13-18-12-20(29-4)10-11-22(18)30-5/h6-12,25H,13-14H2,1-5H3,(H,27,28). The molecule has 0 saturated carbocycles. The Morgan fingerprint density at radius 2 is 1.67 bits per heavy atom. The zero-order chi connectivity index (χ0) is 21.8. The Balaban J connectivity index is 1.90. The molecule has 3 aromatic rings. The molecule has 3 rings (SSSR count). The van der Waals surface area contributed by atoms with E-state index in [0.29, 0.717) is 18.7 Å². The van der Waals surface area contributed by atoms with E-state index in [0.717, 1.165) is 45.3 Å². The number of aromatic carboxylic acids is 1. The lowest BCUT2D eigenvalue weighted by molar-refractivity contribution is 0.0695. The minimum absolute atomic E-state index is 0.346. The molecule has 0 atom stereocenters. The quantitative estimate of drug-likeness (QED) is 0.578. The highest BCUT2D eigenvalue weighted by atomic mass is 16.5. The van der Waals surface area contributed by atoms with E-state index in [1.807, 2.05) is 67.8 Å². The molecule has 2 N–H and O–H groups in total. The zero-order valence-corrected chi connectivity index (χ0v) is 18.1. The Morgan fingerprint density at radius 1 is 0.967 bits per heavy atom. The number of rotatable bonds is 8. The molecule has 2 aromatic carbocycles. The average molecular weight is 408 g/mol. The van der Waals surface area contributed by atoms with Crippen LogP contribution >= 0.6 is 0 Å². The van der Waals surface area contributed by atoms with Crippen LogP contribution in [0.15, 0.2) is 42.5 Å². The SMILES string of the molecule is COc1ccc(OC)c(CNCc2c(C(=O)O)c(C)n(-c3ccc(C)cc3)c2C)c1. The Morgan fingerprint density at radius 3 is 2.27 bits per heavy atom. The maximum absolute atomic E-state index is 12.0. The number of ether oxygens (including phenoxy) is 2. The maximum Gasteiger partial charge on any atom is 0.337 e. The molecular formula is C24H28N2O4. The average Bonchev–Trinajstić information content (AvgIpc) is 2.98. The van der Waals surface area contributed by atoms with Crippen molar-refractivity contribution in [2.45, 2.75) is 33.9 Å². The van der Waals surface area contributed by atoms with Crippen LogP contribution in [0, 0.1) is 20.8 Å². The first-order chi connectivity index (χ1) is 14.4. The van der Waals surface area contributed by atoms with Crippen molar-refractivity contribution in [3.8, 4) is 17.2 Å². The smallest absolute Gasteiger partial charge is 0.337 e. The van der Waals surface area contributed by atoms with Gasteiger partial charge in [-0.15, -0.1) is 0 Å². The molecule has 0 fully saturated rings. The van der Waals surface area contributed by atoms with Crippen molar-refractivity contribution >= 4 is 5.97 Å². The molecular weight excluding hydrogens is 380 g/mol. The summed E-state index contributed by atoms with van der Waals surface area (Å²) in [4.78, 5) is 12.0. The fraction of sp³-hybridized carbons (Fsp3) is 0.292. The molecule has 0 spiro atoms. The molecule has 0 unspecified atom stereocenters. The number of carbonyl (C=O) groups is 1. The number of hydrogen-bond acceptors (Lipinski definition) is 4. The van der Waals surface area contributed by atoms with Gasteiger partial charge >= 0.3 is 5.97 Å². The molecule has 158 valence electrons. The summed E-state index contributed by atoms with van der Waals surface area (Å²) >= 11 is 0. The second-order valence-electron chi connectivity index (χ2n) is 7.28. The van der Waals surface area contributed by atoms with E-state index in [9.17, 15) is 9.90 Å². The van der Waals surface area contributed by atoms with Crippen LogP contribution in [0.5, 0.6) is 11.5 Å². The van der Waals surface area contributed by atoms with Crippen molar-refractivity contribution in [3.63, 3.8) is 0 Å². The van der Waals surface area contributed by atoms with Crippen LogP contribution in [-0.2, 0) is 13.1 Å². The van der Waals surface area contributed by atoms with Crippen LogP contribution in [0.3, 0.4) is 0 Å². The highest BCUT2D eigenvalue weighted by molar-refractivity contribution is 5.91. The third kappa shape index (κ3) is 4.19. The Hall–Kier alpha value is -3.25. The van der Waals surface area contributed by atoms with Crippen molar-refractivity contribution in [1.29, 1.82) is 0 Å². The highest BCUT2D eigenvalue weighted by Gasteiger charge is 2.23. The Kier molecular flexibility index (Phi) is 6.47. The second kappa shape index (κ2) is 9.05. The van der Waals surface area contributed by atoms with Crippen LogP contribution in [0.1, 0.15) is 38.4 Å². The lowest BCUT2D eigenvalue weighted by Crippen LogP contribution is -2.16. The van der Waals surface area contributed by atoms with Gasteiger partial charge in [-0.1, -0.05) is 17.7 Å². The van der Waals surface area contributed by atoms with Crippen molar-refractivity contribution < 1.29 is 19.4 Å². The van der Waals surface area contributed by atoms with E-state index in [2.05, 4.69) is 5.32 Å². The Labute approximate surface area is 177 Å². The van der Waals surface area contributed by atoms with Gasteiger partial charge in [0.15, 0.2) is 0 Å². The summed E-state index contributed by atoms with van der Waals surface area (Å²) in [5, 5.41) is 13.2. The van der Waals surface area contributed by atoms with Crippen molar-refractivity contribution in [2.75, 3.05) is 14.2 Å². The summed E-state index contributed by atoms with van der Waals surface area (Å²) in [5.41, 5.74) is 5.83. The predicted molar refractivity (Wildman–Crippen MR) is 117 cm³/mol. The number of carboxylic acid groups (broad SMARTS) is 1. The van der Waals surface area contributed by atoms with Crippen LogP contribution < -0.4 is 14.8 Å². The largest absolute Gasteiger partial charge is 0.497 e. The molecule has 1 aromatic heterocycles. The van der Waals surface area contributed by atoms with E-state index in [1.54, 1.807) is 14.2 Å². The molecule has 0 aliphatic rings. The minimum Gasteiger partial charge on any atom is -0.497 e. The van der Waals surface area contributed by atoms with Gasteiger partial charge < -0.3 is 24.5 Å². The van der Waals surface area contributed by atoms with Crippen LogP contribution in [0.4, 0.5) is 0 Å². The molecule has 30 heavy (non-hydrogen) atoms. The molecule has 1 heterocycles. The molecule has 0 bridgehead atoms. The number of methoxy groups -OCH3 is 2. The number of hydrogen-bond donors (Lipinski definition) is 2. The third-order valence-corrected chi connectivity index (χ3v) is 5.38. The van der Waals surface area contributed by atoms with Gasteiger partial charge in [-0.2, -0.15) is 0 Å². The maximum atomic E-state index is 12.0. The summed E-state index contributed by atoms with van der Waals surface area (Å²) in [7, 11) is 3.25. The monoisotopic (exact) mass is 408 g/mol. The van der Waals surface area contributed by atoms with Crippen molar-refractivity contribution in [2.24, 2.45) is 0 Å². The normalized spacial score (nSPS) is 10.8. The van der Waals surface area contributed by atoms with Gasteiger partial charge in [0.2, 0.25) is 0 Å². The van der Waals surface area contributed by atoms with Crippen LogP contribution in [-0.4, -0.2) is 29.9 Å². The number of benzene rings is 2. The van der Waals surface area contributed by atoms with Gasteiger partial charge in [0.05, 0.1) is 19.8 Å². The van der Waals surface area contributed by atoms with Crippen LogP contribution in [0.2, 0.25) is 0 Å². The summed E-state index contributed by atoms with van der Waals surface area (Å²) in [6.07, 6.45) is 0. The summed E-state index contributed by atoms with van der Waals surface area (Å²) < 4.78 is 12.7. The molecule has 6 heteroatoms. The van der Waals surface area contributed by atoms with E-state index in [-0.39, 0.29) is 0 Å². The van der Waals surface area contributed by atoms with E-state index in [1.165, 1.54) is 0 Å². The molecule has 6 nitrogen and oxygen atoms in total. The van der Waals surface area contributed by atoms with Crippen molar-refractivity contribution in [1.82, 2.24) is 9.88 Å². The van der Waals surface area contributed by atoms with Gasteiger partial charge in [-0.05, 0) is 51.1 Å². The number of nitrogens with zero attached hydrogens (tertiary/aromatic N) is 1. The van der Waals surface area contributed by atoms with Gasteiger partial charge in [0, 0.05) is 41.3 Å².